The summed E-state index contributed by atoms with van der Waals surface area (Å²) in [5, 5.41) is 2.28. The van der Waals surface area contributed by atoms with E-state index >= 15 is 0 Å². The van der Waals surface area contributed by atoms with Gasteiger partial charge in [0, 0.05) is 18.6 Å². The van der Waals surface area contributed by atoms with Gasteiger partial charge in [0.1, 0.15) is 5.75 Å². The molecule has 0 spiro atoms. The smallest absolute Gasteiger partial charge is 0.183 e. The van der Waals surface area contributed by atoms with E-state index in [-0.39, 0.29) is 22.4 Å². The number of methoxy groups -OCH3 is 1. The Morgan fingerprint density at radius 3 is 2.33 bits per heavy atom. The van der Waals surface area contributed by atoms with Crippen molar-refractivity contribution in [3.63, 3.8) is 0 Å². The maximum Gasteiger partial charge on any atom is 0.183 e. The molecule has 0 saturated carbocycles. The van der Waals surface area contributed by atoms with Gasteiger partial charge < -0.3 is 10.1 Å². The lowest BCUT2D eigenvalue weighted by atomic mass is 10.0. The van der Waals surface area contributed by atoms with Crippen molar-refractivity contribution in [1.82, 2.24) is 10.2 Å². The molecule has 1 heterocycles. The first kappa shape index (κ1) is 25.7. The fourth-order valence-corrected chi connectivity index (χ4v) is 9.37. The molecular weight excluding hydrogens is 460 g/mol. The minimum Gasteiger partial charge on any atom is -0.496 e. The largest absolute Gasteiger partial charge is 0.496 e. The van der Waals surface area contributed by atoms with Gasteiger partial charge in [-0.1, -0.05) is 44.2 Å². The maximum atomic E-state index is 13.5. The van der Waals surface area contributed by atoms with Crippen LogP contribution in [-0.2, 0) is 19.7 Å². The monoisotopic (exact) mass is 494 g/mol. The minimum atomic E-state index is -3.86. The molecule has 1 aliphatic heterocycles. The third-order valence-corrected chi connectivity index (χ3v) is 10.6. The average Bonchev–Trinajstić information content (AvgIpc) is 3.12. The summed E-state index contributed by atoms with van der Waals surface area (Å²) in [5.41, 5.74) is 1.80. The number of benzene rings is 2. The van der Waals surface area contributed by atoms with E-state index in [4.69, 9.17) is 4.74 Å². The molecule has 0 aromatic heterocycles. The van der Waals surface area contributed by atoms with Crippen LogP contribution in [0.1, 0.15) is 31.0 Å². The van der Waals surface area contributed by atoms with Crippen molar-refractivity contribution < 1.29 is 21.6 Å². The van der Waals surface area contributed by atoms with E-state index in [9.17, 15) is 16.8 Å². The molecule has 1 N–H and O–H groups in total. The van der Waals surface area contributed by atoms with Gasteiger partial charge >= 0.3 is 0 Å². The maximum absolute atomic E-state index is 13.5. The summed E-state index contributed by atoms with van der Waals surface area (Å²) in [4.78, 5) is 2.40. The van der Waals surface area contributed by atoms with Crippen molar-refractivity contribution in [2.75, 3.05) is 38.2 Å². The molecule has 9 heteroatoms. The highest BCUT2D eigenvalue weighted by molar-refractivity contribution is 7.96. The topological polar surface area (TPSA) is 92.8 Å². The van der Waals surface area contributed by atoms with Crippen LogP contribution < -0.4 is 10.1 Å². The first-order valence-electron chi connectivity index (χ1n) is 11.2. The zero-order valence-corrected chi connectivity index (χ0v) is 21.3. The van der Waals surface area contributed by atoms with Gasteiger partial charge in [0.25, 0.3) is 0 Å². The molecule has 0 bridgehead atoms. The van der Waals surface area contributed by atoms with Crippen LogP contribution in [0.15, 0.2) is 53.4 Å². The average molecular weight is 495 g/mol. The highest BCUT2D eigenvalue weighted by Gasteiger charge is 2.46. The number of aryl methyl sites for hydroxylation is 1. The van der Waals surface area contributed by atoms with E-state index in [1.54, 1.807) is 19.1 Å². The fourth-order valence-electron chi connectivity index (χ4n) is 4.57. The Labute approximate surface area is 198 Å². The fraction of sp³-hybridized carbons (Fsp3) is 0.500. The van der Waals surface area contributed by atoms with Gasteiger partial charge in [-0.25, -0.2) is 16.8 Å². The Balaban J connectivity index is 1.88. The second kappa shape index (κ2) is 10.5. The van der Waals surface area contributed by atoms with Crippen LogP contribution in [0.3, 0.4) is 0 Å². The third kappa shape index (κ3) is 5.77. The molecule has 1 fully saturated rings. The third-order valence-electron chi connectivity index (χ3n) is 6.40. The number of sulfone groups is 2. The van der Waals surface area contributed by atoms with Crippen molar-refractivity contribution in [3.05, 3.63) is 59.7 Å². The van der Waals surface area contributed by atoms with Gasteiger partial charge in [-0.3, -0.25) is 4.90 Å². The number of hydrogen-bond donors (Lipinski definition) is 1. The van der Waals surface area contributed by atoms with Crippen molar-refractivity contribution in [3.8, 4) is 5.75 Å². The van der Waals surface area contributed by atoms with Gasteiger partial charge in [0.2, 0.25) is 0 Å². The van der Waals surface area contributed by atoms with Gasteiger partial charge in [-0.15, -0.1) is 0 Å². The van der Waals surface area contributed by atoms with Crippen molar-refractivity contribution >= 4 is 19.7 Å². The molecule has 33 heavy (non-hydrogen) atoms. The molecule has 2 aromatic carbocycles. The lowest BCUT2D eigenvalue weighted by Gasteiger charge is -2.32. The Kier molecular flexibility index (Phi) is 8.21. The molecule has 1 aliphatic rings. The van der Waals surface area contributed by atoms with Crippen molar-refractivity contribution in [2.45, 2.75) is 43.0 Å². The normalized spacial score (nSPS) is 21.2. The van der Waals surface area contributed by atoms with Crippen LogP contribution in [0, 0.1) is 6.92 Å². The molecule has 3 rings (SSSR count). The highest BCUT2D eigenvalue weighted by atomic mass is 32.2. The van der Waals surface area contributed by atoms with Crippen LogP contribution in [0.4, 0.5) is 0 Å². The summed E-state index contributed by atoms with van der Waals surface area (Å²) >= 11 is 0. The molecule has 3 atom stereocenters. The Hall–Kier alpha value is -1.94. The molecule has 2 aromatic rings. The molecule has 0 amide bonds. The van der Waals surface area contributed by atoms with Crippen molar-refractivity contribution in [2.24, 2.45) is 0 Å². The standard InChI is InChI=1S/C24H34N2O5S2/c1-5-26(6-2)22(19-10-8-7-9-11-19)15-25-21-16-32(27,28)17-24(21)33(29,30)20-12-13-23(31-4)18(3)14-20/h7-14,21-22,24-25H,5-6,15-17H2,1-4H3/t21-,22?,24-/m0/s1. The second-order valence-corrected chi connectivity index (χ2v) is 12.8. The number of likely N-dealkylation sites (N-methyl/N-ethyl adjacent to an activating group) is 1. The number of nitrogens with zero attached hydrogens (tertiary/aromatic N) is 1. The van der Waals surface area contributed by atoms with Crippen LogP contribution in [0.5, 0.6) is 5.75 Å². The van der Waals surface area contributed by atoms with E-state index in [1.807, 2.05) is 30.3 Å². The lowest BCUT2D eigenvalue weighted by molar-refractivity contribution is 0.209. The van der Waals surface area contributed by atoms with Gasteiger partial charge in [0.05, 0.1) is 28.8 Å². The first-order chi connectivity index (χ1) is 15.6. The molecule has 7 nitrogen and oxygen atoms in total. The molecule has 1 saturated heterocycles. The summed E-state index contributed by atoms with van der Waals surface area (Å²) < 4.78 is 57.3. The predicted molar refractivity (Wildman–Crippen MR) is 131 cm³/mol. The predicted octanol–water partition coefficient (Wildman–Crippen LogP) is 2.62. The van der Waals surface area contributed by atoms with Gasteiger partial charge in [-0.2, -0.15) is 0 Å². The Morgan fingerprint density at radius 2 is 1.76 bits per heavy atom. The zero-order chi connectivity index (χ0) is 24.2. The van der Waals surface area contributed by atoms with Crippen LogP contribution in [-0.4, -0.2) is 71.3 Å². The molecule has 0 radical (unpaired) electrons. The molecule has 0 aliphatic carbocycles. The number of nitrogens with one attached hydrogen (secondary N) is 1. The summed E-state index contributed by atoms with van der Waals surface area (Å²) in [6.07, 6.45) is 0. The summed E-state index contributed by atoms with van der Waals surface area (Å²) in [7, 11) is -5.82. The zero-order valence-electron chi connectivity index (χ0n) is 19.7. The number of hydrogen-bond acceptors (Lipinski definition) is 7. The van der Waals surface area contributed by atoms with Crippen LogP contribution in [0.25, 0.3) is 0 Å². The Morgan fingerprint density at radius 1 is 1.09 bits per heavy atom. The summed E-state index contributed by atoms with van der Waals surface area (Å²) in [5.74, 6) is 0.0260. The van der Waals surface area contributed by atoms with Gasteiger partial charge in [-0.05, 0) is 49.3 Å². The molecular formula is C24H34N2O5S2. The number of rotatable bonds is 10. The minimum absolute atomic E-state index is 0.0103. The first-order valence-corrected chi connectivity index (χ1v) is 14.6. The van der Waals surface area contributed by atoms with E-state index in [2.05, 4.69) is 24.1 Å². The molecule has 182 valence electrons. The van der Waals surface area contributed by atoms with E-state index in [1.165, 1.54) is 13.2 Å². The Bertz CT molecular complexity index is 1150. The highest BCUT2D eigenvalue weighted by Crippen LogP contribution is 2.30. The summed E-state index contributed by atoms with van der Waals surface area (Å²) in [6.45, 7) is 8.05. The molecule has 1 unspecified atom stereocenters. The SMILES string of the molecule is CCN(CC)C(CN[C@H]1CS(=O)(=O)C[C@@H]1S(=O)(=O)c1ccc(OC)c(C)c1)c1ccccc1. The lowest BCUT2D eigenvalue weighted by Crippen LogP contribution is -2.47. The van der Waals surface area contributed by atoms with Crippen LogP contribution >= 0.6 is 0 Å². The quantitative estimate of drug-likeness (QED) is 0.543. The van der Waals surface area contributed by atoms with E-state index in [0.717, 1.165) is 18.7 Å². The van der Waals surface area contributed by atoms with E-state index in [0.29, 0.717) is 17.9 Å². The number of ether oxygens (including phenoxy) is 1. The summed E-state index contributed by atoms with van der Waals surface area (Å²) in [6, 6.07) is 14.0. The van der Waals surface area contributed by atoms with E-state index < -0.39 is 31.0 Å². The second-order valence-electron chi connectivity index (χ2n) is 8.45. The van der Waals surface area contributed by atoms with Crippen LogP contribution in [0.2, 0.25) is 0 Å². The van der Waals surface area contributed by atoms with Gasteiger partial charge in [0.15, 0.2) is 19.7 Å². The van der Waals surface area contributed by atoms with Crippen molar-refractivity contribution in [1.29, 1.82) is 0 Å².